The highest BCUT2D eigenvalue weighted by atomic mass is 16.3. The zero-order chi connectivity index (χ0) is 37.2. The van der Waals surface area contributed by atoms with Crippen LogP contribution in [0.25, 0.3) is 0 Å². The number of hydrogen-bond acceptors (Lipinski definition) is 6. The molecule has 0 saturated carbocycles. The maximum atomic E-state index is 8.52. The Morgan fingerprint density at radius 2 is 1.04 bits per heavy atom. The molecular weight excluding hydrogens is 631 g/mol. The van der Waals surface area contributed by atoms with E-state index in [2.05, 4.69) is 161 Å². The van der Waals surface area contributed by atoms with E-state index in [1.54, 1.807) is 0 Å². The summed E-state index contributed by atoms with van der Waals surface area (Å²) in [7, 11) is 4.18. The fourth-order valence-corrected chi connectivity index (χ4v) is 5.27. The Balaban J connectivity index is 0.000000323. The van der Waals surface area contributed by atoms with E-state index in [0.717, 1.165) is 39.5 Å². The summed E-state index contributed by atoms with van der Waals surface area (Å²) in [5.41, 5.74) is 0. The highest BCUT2D eigenvalue weighted by molar-refractivity contribution is 5.08. The molecule has 0 atom stereocenters. The summed E-state index contributed by atoms with van der Waals surface area (Å²) in [4.78, 5) is 11.0. The van der Waals surface area contributed by atoms with Crippen LogP contribution < -0.4 is 9.13 Å². The van der Waals surface area contributed by atoms with Crippen molar-refractivity contribution in [3.05, 3.63) is 110 Å². The minimum atomic E-state index is 0.234. The quantitative estimate of drug-likeness (QED) is 0.143. The molecule has 1 N–H and O–H groups in total. The van der Waals surface area contributed by atoms with Crippen molar-refractivity contribution in [3.63, 3.8) is 0 Å². The monoisotopic (exact) mass is 706 g/mol. The molecule has 5 rings (SSSR count). The minimum Gasteiger partial charge on any atom is -0.395 e. The summed E-state index contributed by atoms with van der Waals surface area (Å²) < 4.78 is 4.48. The summed E-state index contributed by atoms with van der Waals surface area (Å²) in [6.45, 7) is 17.5. The van der Waals surface area contributed by atoms with Gasteiger partial charge in [0.1, 0.15) is 13.1 Å². The number of aliphatic hydroxyl groups is 1. The van der Waals surface area contributed by atoms with Crippen molar-refractivity contribution in [1.82, 2.24) is 24.5 Å². The maximum absolute atomic E-state index is 8.52. The Morgan fingerprint density at radius 1 is 0.510 bits per heavy atom. The largest absolute Gasteiger partial charge is 0.395 e. The molecule has 8 nitrogen and oxygen atoms in total. The van der Waals surface area contributed by atoms with Crippen LogP contribution in [0.3, 0.4) is 0 Å². The molecule has 0 radical (unpaired) electrons. The third-order valence-electron chi connectivity index (χ3n) is 8.44. The summed E-state index contributed by atoms with van der Waals surface area (Å²) in [5, 5.41) is 8.52. The lowest BCUT2D eigenvalue weighted by atomic mass is 10.1. The normalized spacial score (nSPS) is 13.9. The second kappa shape index (κ2) is 32.1. The van der Waals surface area contributed by atoms with E-state index in [1.165, 1.54) is 77.3 Å². The van der Waals surface area contributed by atoms with Crippen molar-refractivity contribution in [2.24, 2.45) is 0 Å². The molecular formula is C43H75N7O+2. The van der Waals surface area contributed by atoms with Crippen LogP contribution in [-0.4, -0.2) is 89.8 Å². The second-order valence-corrected chi connectivity index (χ2v) is 13.3. The molecule has 0 spiro atoms. The molecule has 51 heavy (non-hydrogen) atoms. The van der Waals surface area contributed by atoms with Gasteiger partial charge in [-0.25, -0.2) is 9.13 Å². The molecule has 5 heterocycles. The first-order valence-electron chi connectivity index (χ1n) is 19.8. The van der Waals surface area contributed by atoms with Gasteiger partial charge in [0.25, 0.3) is 0 Å². The van der Waals surface area contributed by atoms with Gasteiger partial charge in [-0.05, 0) is 32.0 Å². The van der Waals surface area contributed by atoms with E-state index in [-0.39, 0.29) is 6.61 Å². The molecule has 0 unspecified atom stereocenters. The molecule has 3 aliphatic heterocycles. The topological polar surface area (TPSA) is 44.2 Å². The molecule has 3 aliphatic rings. The highest BCUT2D eigenvalue weighted by Crippen LogP contribution is 2.05. The van der Waals surface area contributed by atoms with Gasteiger partial charge >= 0.3 is 0 Å². The van der Waals surface area contributed by atoms with Gasteiger partial charge in [-0.1, -0.05) is 83.6 Å². The molecule has 286 valence electrons. The van der Waals surface area contributed by atoms with E-state index in [0.29, 0.717) is 0 Å². The predicted molar refractivity (Wildman–Crippen MR) is 216 cm³/mol. The van der Waals surface area contributed by atoms with Gasteiger partial charge in [-0.3, -0.25) is 0 Å². The minimum absolute atomic E-state index is 0.234. The molecule has 0 aromatic carbocycles. The van der Waals surface area contributed by atoms with E-state index < -0.39 is 0 Å². The number of hydrogen-bond donors (Lipinski definition) is 1. The fourth-order valence-electron chi connectivity index (χ4n) is 5.27. The average molecular weight is 706 g/mol. The first-order chi connectivity index (χ1) is 24.9. The summed E-state index contributed by atoms with van der Waals surface area (Å²) in [5.74, 6) is 0. The van der Waals surface area contributed by atoms with Crippen LogP contribution in [-0.2, 0) is 13.1 Å². The van der Waals surface area contributed by atoms with Gasteiger partial charge in [0.05, 0.1) is 19.9 Å². The summed E-state index contributed by atoms with van der Waals surface area (Å²) in [6.07, 6.45) is 38.4. The van der Waals surface area contributed by atoms with Gasteiger partial charge in [0, 0.05) is 102 Å². The molecule has 8 heteroatoms. The van der Waals surface area contributed by atoms with Crippen molar-refractivity contribution in [2.45, 2.75) is 105 Å². The Kier molecular flexibility index (Phi) is 28.5. The molecule has 2 aromatic heterocycles. The highest BCUT2D eigenvalue weighted by Gasteiger charge is 2.06. The number of aliphatic hydroxyl groups excluding tert-OH is 1. The van der Waals surface area contributed by atoms with Crippen LogP contribution in [0.2, 0.25) is 0 Å². The Morgan fingerprint density at radius 3 is 1.49 bits per heavy atom. The van der Waals surface area contributed by atoms with Crippen molar-refractivity contribution < 1.29 is 14.2 Å². The van der Waals surface area contributed by atoms with Gasteiger partial charge in [0.2, 0.25) is 0 Å². The van der Waals surface area contributed by atoms with E-state index in [1.807, 2.05) is 24.4 Å². The zero-order valence-corrected chi connectivity index (χ0v) is 33.4. The number of nitrogens with zero attached hydrogens (tertiary/aromatic N) is 7. The van der Waals surface area contributed by atoms with Crippen molar-refractivity contribution >= 4 is 0 Å². The Bertz CT molecular complexity index is 1160. The lowest BCUT2D eigenvalue weighted by Gasteiger charge is -2.18. The number of unbranched alkanes of at least 4 members (excludes halogenated alkanes) is 7. The lowest BCUT2D eigenvalue weighted by Crippen LogP contribution is -2.32. The van der Waals surface area contributed by atoms with Crippen LogP contribution in [0.1, 0.15) is 91.9 Å². The molecule has 0 aliphatic carbocycles. The van der Waals surface area contributed by atoms with Crippen LogP contribution >= 0.6 is 0 Å². The maximum Gasteiger partial charge on any atom is 0.168 e. The zero-order valence-electron chi connectivity index (χ0n) is 33.4. The molecule has 0 bridgehead atoms. The number of aromatic nitrogens is 2. The summed E-state index contributed by atoms with van der Waals surface area (Å²) in [6, 6.07) is 12.4. The van der Waals surface area contributed by atoms with Crippen molar-refractivity contribution in [1.29, 1.82) is 0 Å². The first-order valence-corrected chi connectivity index (χ1v) is 19.8. The third-order valence-corrected chi connectivity index (χ3v) is 8.44. The average Bonchev–Trinajstić information content (AvgIpc) is 3.80. The number of rotatable bonds is 16. The fraction of sp³-hybridized carbons (Fsp3) is 0.581. The van der Waals surface area contributed by atoms with Crippen LogP contribution in [0.15, 0.2) is 110 Å². The number of pyridine rings is 2. The number of β-amino-alcohol motifs (C(OH)–C–C–N with tert-alkyl or cyclic N) is 1. The SMILES string of the molecule is CCCCCCCC[n+]1ccccc1.CCCCN1C=CN(C)C1.CCCC[n+]1ccccc1.CCN1C=CN(C)C1.OCCN1C=CC=CC1. The standard InChI is InChI=1S/C13H22N.C9H14N.C8H16N2.C7H11NO.C6H12N2/c1-2-3-4-5-6-8-11-14-12-9-7-10-13-14;1-2-3-7-10-8-5-4-6-9-10;1-3-4-5-10-7-6-9(2)8-10;9-7-6-8-4-2-1-3-5-8;1-3-8-5-4-7(2)6-8/h7,9-10,12-13H,2-6,8,11H2,1H3;4-6,8-9H,2-3,7H2,1H3;6-7H,3-5,8H2,1-2H3;1-4,9H,5-7H2;4-5H,3,6H2,1-2H3/q2*+1;;;. The van der Waals surface area contributed by atoms with Gasteiger partial charge in [-0.2, -0.15) is 0 Å². The van der Waals surface area contributed by atoms with Crippen LogP contribution in [0, 0.1) is 0 Å². The molecule has 0 amide bonds. The third kappa shape index (κ3) is 25.8. The second-order valence-electron chi connectivity index (χ2n) is 13.3. The van der Waals surface area contributed by atoms with Gasteiger partial charge in [0.15, 0.2) is 24.8 Å². The number of aryl methyl sites for hydroxylation is 2. The van der Waals surface area contributed by atoms with Gasteiger partial charge < -0.3 is 29.6 Å². The molecule has 0 saturated heterocycles. The Hall–Kier alpha value is -3.78. The smallest absolute Gasteiger partial charge is 0.168 e. The van der Waals surface area contributed by atoms with E-state index >= 15 is 0 Å². The number of allylic oxidation sites excluding steroid dienone is 2. The molecule has 2 aromatic rings. The Labute approximate surface area is 313 Å². The van der Waals surface area contributed by atoms with Crippen molar-refractivity contribution in [3.8, 4) is 0 Å². The lowest BCUT2D eigenvalue weighted by molar-refractivity contribution is -0.697. The predicted octanol–water partition coefficient (Wildman–Crippen LogP) is 7.62. The summed E-state index contributed by atoms with van der Waals surface area (Å²) >= 11 is 0. The van der Waals surface area contributed by atoms with Crippen LogP contribution in [0.5, 0.6) is 0 Å². The molecule has 0 fully saturated rings. The first kappa shape index (κ1) is 45.2. The van der Waals surface area contributed by atoms with Crippen molar-refractivity contribution in [2.75, 3.05) is 60.2 Å². The van der Waals surface area contributed by atoms with Crippen LogP contribution in [0.4, 0.5) is 0 Å². The van der Waals surface area contributed by atoms with Gasteiger partial charge in [-0.15, -0.1) is 0 Å². The van der Waals surface area contributed by atoms with E-state index in [9.17, 15) is 0 Å². The van der Waals surface area contributed by atoms with E-state index in [4.69, 9.17) is 5.11 Å².